The number of primary amides is 1. The molecular weight excluding hydrogens is 473 g/mol. The lowest BCUT2D eigenvalue weighted by Crippen LogP contribution is -2.60. The molecule has 3 N–H and O–H groups in total. The van der Waals surface area contributed by atoms with E-state index in [1.54, 1.807) is 0 Å². The van der Waals surface area contributed by atoms with Crippen molar-refractivity contribution in [2.24, 2.45) is 28.9 Å². The van der Waals surface area contributed by atoms with Gasteiger partial charge in [-0.1, -0.05) is 0 Å². The molecule has 0 heterocycles. The van der Waals surface area contributed by atoms with Gasteiger partial charge in [0, 0.05) is 38.7 Å². The highest BCUT2D eigenvalue weighted by Crippen LogP contribution is 2.61. The Morgan fingerprint density at radius 2 is 1.65 bits per heavy atom. The van der Waals surface area contributed by atoms with Crippen molar-refractivity contribution in [2.75, 3.05) is 24.9 Å². The predicted octanol–water partition coefficient (Wildman–Crippen LogP) is 1.90. The van der Waals surface area contributed by atoms with Gasteiger partial charge in [-0.3, -0.25) is 13.9 Å². The predicted molar refractivity (Wildman–Crippen MR) is 118 cm³/mol. The van der Waals surface area contributed by atoms with E-state index in [1.807, 2.05) is 0 Å². The van der Waals surface area contributed by atoms with Crippen molar-refractivity contribution in [2.45, 2.75) is 44.6 Å². The van der Waals surface area contributed by atoms with E-state index in [2.05, 4.69) is 5.32 Å². The number of nitrogens with one attached hydrogen (secondary N) is 1. The van der Waals surface area contributed by atoms with E-state index in [4.69, 9.17) is 5.73 Å². The number of hydrogen-bond donors (Lipinski definition) is 2. The van der Waals surface area contributed by atoms with Crippen molar-refractivity contribution in [1.29, 1.82) is 0 Å². The Morgan fingerprint density at radius 3 is 2.18 bits per heavy atom. The molecule has 4 aliphatic rings. The summed E-state index contributed by atoms with van der Waals surface area (Å²) in [5.41, 5.74) is 4.44. The Labute approximate surface area is 196 Å². The first kappa shape index (κ1) is 24.8. The molecule has 2 atom stereocenters. The minimum Gasteiger partial charge on any atom is -0.370 e. The highest BCUT2D eigenvalue weighted by atomic mass is 32.2. The summed E-state index contributed by atoms with van der Waals surface area (Å²) in [6, 6.07) is 0.647. The van der Waals surface area contributed by atoms with E-state index >= 15 is 0 Å². The summed E-state index contributed by atoms with van der Waals surface area (Å²) in [5, 5.41) is 2.97. The lowest BCUT2D eigenvalue weighted by atomic mass is 9.47. The van der Waals surface area contributed by atoms with Gasteiger partial charge in [-0.2, -0.15) is 12.7 Å². The number of halogens is 3. The number of carbonyl (C=O) groups excluding carboxylic acids is 2. The van der Waals surface area contributed by atoms with Crippen LogP contribution in [0.4, 0.5) is 18.9 Å². The molecule has 1 aromatic carbocycles. The summed E-state index contributed by atoms with van der Waals surface area (Å²) >= 11 is 0. The summed E-state index contributed by atoms with van der Waals surface area (Å²) in [6.07, 6.45) is 4.82. The lowest BCUT2D eigenvalue weighted by molar-refractivity contribution is -0.134. The van der Waals surface area contributed by atoms with Gasteiger partial charge in [0.15, 0.2) is 11.6 Å². The fraction of sp³-hybridized carbons (Fsp3) is 0.636. The minimum absolute atomic E-state index is 0.101. The number of hydrogen-bond acceptors (Lipinski definition) is 4. The first-order valence-electron chi connectivity index (χ1n) is 11.2. The first-order valence-corrected chi connectivity index (χ1v) is 12.6. The van der Waals surface area contributed by atoms with Crippen LogP contribution in [0.5, 0.6) is 0 Å². The third-order valence-corrected chi connectivity index (χ3v) is 9.47. The molecule has 4 fully saturated rings. The summed E-state index contributed by atoms with van der Waals surface area (Å²) in [6.45, 7) is -0.553. The van der Waals surface area contributed by atoms with E-state index < -0.39 is 45.8 Å². The van der Waals surface area contributed by atoms with Crippen molar-refractivity contribution in [3.63, 3.8) is 0 Å². The number of benzene rings is 1. The molecule has 0 radical (unpaired) electrons. The second kappa shape index (κ2) is 8.71. The molecule has 12 heteroatoms. The molecule has 2 unspecified atom stereocenters. The summed E-state index contributed by atoms with van der Waals surface area (Å²) in [4.78, 5) is 24.4. The van der Waals surface area contributed by atoms with Gasteiger partial charge in [0.05, 0.1) is 6.54 Å². The molecule has 34 heavy (non-hydrogen) atoms. The zero-order valence-corrected chi connectivity index (χ0v) is 19.9. The number of amides is 2. The average molecular weight is 503 g/mol. The van der Waals surface area contributed by atoms with Crippen molar-refractivity contribution in [1.82, 2.24) is 9.62 Å². The molecule has 0 aromatic heterocycles. The van der Waals surface area contributed by atoms with Crippen LogP contribution in [0.3, 0.4) is 0 Å². The van der Waals surface area contributed by atoms with Crippen LogP contribution in [-0.2, 0) is 19.8 Å². The van der Waals surface area contributed by atoms with E-state index in [0.717, 1.165) is 46.2 Å². The molecule has 2 amide bonds. The number of likely N-dealkylation sites (N-methyl/N-ethyl adjacent to an activating group) is 1. The van der Waals surface area contributed by atoms with Crippen LogP contribution < -0.4 is 15.4 Å². The van der Waals surface area contributed by atoms with Gasteiger partial charge in [-0.15, -0.1) is 0 Å². The quantitative estimate of drug-likeness (QED) is 0.565. The van der Waals surface area contributed by atoms with Crippen molar-refractivity contribution < 1.29 is 31.2 Å². The molecule has 0 spiro atoms. The van der Waals surface area contributed by atoms with E-state index in [0.29, 0.717) is 33.1 Å². The molecule has 5 rings (SSSR count). The van der Waals surface area contributed by atoms with Gasteiger partial charge in [0.25, 0.3) is 0 Å². The molecule has 0 saturated heterocycles. The second-order valence-electron chi connectivity index (χ2n) is 10.2. The Morgan fingerprint density at radius 1 is 1.09 bits per heavy atom. The van der Waals surface area contributed by atoms with E-state index in [9.17, 15) is 31.2 Å². The van der Waals surface area contributed by atoms with Crippen LogP contribution in [0.15, 0.2) is 12.1 Å². The number of rotatable bonds is 8. The summed E-state index contributed by atoms with van der Waals surface area (Å²) < 4.78 is 68.1. The van der Waals surface area contributed by atoms with Gasteiger partial charge < -0.3 is 11.1 Å². The van der Waals surface area contributed by atoms with Crippen molar-refractivity contribution in [3.8, 4) is 0 Å². The Hall–Kier alpha value is -2.34. The first-order chi connectivity index (χ1) is 15.8. The zero-order chi connectivity index (χ0) is 25.0. The van der Waals surface area contributed by atoms with E-state index in [-0.39, 0.29) is 29.2 Å². The number of carbonyl (C=O) groups is 2. The normalized spacial score (nSPS) is 29.9. The minimum atomic E-state index is -4.48. The summed E-state index contributed by atoms with van der Waals surface area (Å²) in [5.74, 6) is -3.87. The Bertz CT molecular complexity index is 1080. The Balaban J connectivity index is 1.42. The highest BCUT2D eigenvalue weighted by molar-refractivity contribution is 7.90. The smallest absolute Gasteiger partial charge is 0.304 e. The van der Waals surface area contributed by atoms with Gasteiger partial charge in [0.1, 0.15) is 11.5 Å². The van der Waals surface area contributed by atoms with Crippen LogP contribution in [0.25, 0.3) is 0 Å². The van der Waals surface area contributed by atoms with Crippen LogP contribution >= 0.6 is 0 Å². The molecule has 0 aliphatic heterocycles. The maximum atomic E-state index is 14.1. The van der Waals surface area contributed by atoms with Gasteiger partial charge in [0.2, 0.25) is 11.8 Å². The number of nitrogens with zero attached hydrogens (tertiary/aromatic N) is 2. The lowest BCUT2D eigenvalue weighted by Gasteiger charge is -2.60. The topological polar surface area (TPSA) is 113 Å². The van der Waals surface area contributed by atoms with E-state index in [1.165, 1.54) is 0 Å². The van der Waals surface area contributed by atoms with Gasteiger partial charge in [-0.25, -0.2) is 13.2 Å². The maximum absolute atomic E-state index is 14.1. The fourth-order valence-electron chi connectivity index (χ4n) is 6.69. The molecule has 1 aromatic rings. The third kappa shape index (κ3) is 4.49. The molecule has 8 nitrogen and oxygen atoms in total. The number of anilines is 1. The monoisotopic (exact) mass is 502 g/mol. The maximum Gasteiger partial charge on any atom is 0.304 e. The summed E-state index contributed by atoms with van der Waals surface area (Å²) in [7, 11) is -2.42. The molecular formula is C22H29F3N4O4S. The van der Waals surface area contributed by atoms with Gasteiger partial charge in [-0.05, 0) is 55.3 Å². The van der Waals surface area contributed by atoms with Crippen LogP contribution in [-0.4, -0.2) is 51.2 Å². The SMILES string of the molecule is CN(CC(=O)NC1C2CC3CC1CC(CC(N)=O)(C3)C2)S(=O)(=O)N(C)c1c(F)cc(F)cc1F. The van der Waals surface area contributed by atoms with Crippen molar-refractivity contribution >= 4 is 27.7 Å². The van der Waals surface area contributed by atoms with Crippen LogP contribution in [0.2, 0.25) is 0 Å². The van der Waals surface area contributed by atoms with Crippen LogP contribution in [0, 0.1) is 40.6 Å². The largest absolute Gasteiger partial charge is 0.370 e. The van der Waals surface area contributed by atoms with Gasteiger partial charge >= 0.3 is 10.2 Å². The zero-order valence-electron chi connectivity index (χ0n) is 19.1. The fourth-order valence-corrected chi connectivity index (χ4v) is 7.79. The molecule has 4 saturated carbocycles. The molecule has 4 aliphatic carbocycles. The highest BCUT2D eigenvalue weighted by Gasteiger charge is 2.55. The molecule has 188 valence electrons. The number of nitrogens with two attached hydrogens (primary N) is 1. The third-order valence-electron chi connectivity index (χ3n) is 7.68. The van der Waals surface area contributed by atoms with Crippen molar-refractivity contribution in [3.05, 3.63) is 29.6 Å². The standard InChI is InChI=1S/C22H29F3N4O4S/c1-28(34(32,33)29(2)21-16(24)5-15(23)6-17(21)25)11-19(31)27-20-13-3-12-4-14(20)9-22(7-12,8-13)10-18(26)30/h5-6,12-14,20H,3-4,7-11H2,1-2H3,(H2,26,30)(H,27,31). The van der Waals surface area contributed by atoms with Crippen LogP contribution in [0.1, 0.15) is 38.5 Å². The Kier molecular flexibility index (Phi) is 6.34. The molecule has 4 bridgehead atoms. The second-order valence-corrected chi connectivity index (χ2v) is 12.2. The average Bonchev–Trinajstić information content (AvgIpc) is 2.68.